The summed E-state index contributed by atoms with van der Waals surface area (Å²) in [5.41, 5.74) is 0. The van der Waals surface area contributed by atoms with Crippen molar-refractivity contribution < 1.29 is 14.6 Å². The van der Waals surface area contributed by atoms with Crippen LogP contribution in [0.2, 0.25) is 0 Å². The number of carbonyl (C=O) groups is 1. The molecule has 0 fully saturated rings. The van der Waals surface area contributed by atoms with Crippen molar-refractivity contribution >= 4 is 5.97 Å². The van der Waals surface area contributed by atoms with Crippen LogP contribution >= 0.6 is 0 Å². The van der Waals surface area contributed by atoms with Gasteiger partial charge in [-0.25, -0.2) is 0 Å². The monoisotopic (exact) mass is 623 g/mol. The predicted octanol–water partition coefficient (Wildman–Crippen LogP) is 14.0. The van der Waals surface area contributed by atoms with Gasteiger partial charge in [0.05, 0.1) is 12.7 Å². The molecule has 1 unspecified atom stereocenters. The van der Waals surface area contributed by atoms with Crippen LogP contribution in [0, 0.1) is 0 Å². The Morgan fingerprint density at radius 1 is 0.409 bits per heavy atom. The summed E-state index contributed by atoms with van der Waals surface area (Å²) in [7, 11) is 0. The quantitative estimate of drug-likeness (QED) is 0.0550. The highest BCUT2D eigenvalue weighted by Gasteiger charge is 2.05. The van der Waals surface area contributed by atoms with E-state index >= 15 is 0 Å². The van der Waals surface area contributed by atoms with Gasteiger partial charge in [-0.1, -0.05) is 213 Å². The van der Waals surface area contributed by atoms with Crippen LogP contribution < -0.4 is 0 Å². The van der Waals surface area contributed by atoms with Gasteiger partial charge in [-0.05, 0) is 25.7 Å². The van der Waals surface area contributed by atoms with Gasteiger partial charge in [0.25, 0.3) is 0 Å². The van der Waals surface area contributed by atoms with E-state index in [1.807, 2.05) is 0 Å². The van der Waals surface area contributed by atoms with Crippen molar-refractivity contribution in [2.75, 3.05) is 6.61 Å². The molecule has 1 atom stereocenters. The van der Waals surface area contributed by atoms with Crippen LogP contribution in [-0.2, 0) is 9.53 Å². The maximum atomic E-state index is 12.0. The Balaban J connectivity index is 3.18. The summed E-state index contributed by atoms with van der Waals surface area (Å²) in [6.07, 6.45) is 46.4. The molecule has 0 amide bonds. The van der Waals surface area contributed by atoms with Crippen molar-refractivity contribution in [3.63, 3.8) is 0 Å². The van der Waals surface area contributed by atoms with Crippen LogP contribution in [-0.4, -0.2) is 23.8 Å². The first-order chi connectivity index (χ1) is 21.7. The molecule has 0 aromatic rings. The zero-order valence-electron chi connectivity index (χ0n) is 30.5. The first kappa shape index (κ1) is 43.4. The first-order valence-corrected chi connectivity index (χ1v) is 20.5. The van der Waals surface area contributed by atoms with Gasteiger partial charge in [0.15, 0.2) is 0 Å². The summed E-state index contributed by atoms with van der Waals surface area (Å²) in [6, 6.07) is 0. The minimum absolute atomic E-state index is 0.00594. The van der Waals surface area contributed by atoms with Crippen LogP contribution in [0.3, 0.4) is 0 Å². The molecular weight excluding hydrogens is 540 g/mol. The summed E-state index contributed by atoms with van der Waals surface area (Å²) in [6.45, 7) is 5.14. The Kier molecular flexibility index (Phi) is 38.1. The molecule has 0 aliphatic heterocycles. The maximum Gasteiger partial charge on any atom is 0.305 e. The summed E-state index contributed by atoms with van der Waals surface area (Å²) >= 11 is 0. The minimum Gasteiger partial charge on any atom is -0.466 e. The molecule has 264 valence electrons. The number of ether oxygens (including phenoxy) is 1. The molecule has 0 radical (unpaired) electrons. The molecule has 0 saturated heterocycles. The van der Waals surface area contributed by atoms with Gasteiger partial charge in [-0.15, -0.1) is 0 Å². The normalized spacial score (nSPS) is 12.2. The third-order valence-electron chi connectivity index (χ3n) is 9.57. The largest absolute Gasteiger partial charge is 0.466 e. The number of carbonyl (C=O) groups excluding carboxylic acids is 1. The molecule has 0 aromatic carbocycles. The van der Waals surface area contributed by atoms with Crippen molar-refractivity contribution in [2.24, 2.45) is 0 Å². The van der Waals surface area contributed by atoms with E-state index in [0.29, 0.717) is 13.0 Å². The smallest absolute Gasteiger partial charge is 0.305 e. The van der Waals surface area contributed by atoms with E-state index in [1.165, 1.54) is 193 Å². The fraction of sp³-hybridized carbons (Fsp3) is 0.976. The number of rotatable bonds is 38. The number of hydrogen-bond donors (Lipinski definition) is 1. The average molecular weight is 623 g/mol. The molecule has 0 bridgehead atoms. The van der Waals surface area contributed by atoms with Gasteiger partial charge in [-0.3, -0.25) is 4.79 Å². The minimum atomic E-state index is -0.0787. The Bertz CT molecular complexity index is 534. The van der Waals surface area contributed by atoms with E-state index < -0.39 is 0 Å². The summed E-state index contributed by atoms with van der Waals surface area (Å²) in [5, 5.41) is 10.0. The van der Waals surface area contributed by atoms with E-state index in [-0.39, 0.29) is 12.1 Å². The highest BCUT2D eigenvalue weighted by Crippen LogP contribution is 2.16. The van der Waals surface area contributed by atoms with E-state index in [2.05, 4.69) is 13.8 Å². The second-order valence-electron chi connectivity index (χ2n) is 14.2. The predicted molar refractivity (Wildman–Crippen MR) is 195 cm³/mol. The molecular formula is C41H82O3. The first-order valence-electron chi connectivity index (χ1n) is 20.5. The number of esters is 1. The second kappa shape index (κ2) is 38.6. The van der Waals surface area contributed by atoms with Crippen molar-refractivity contribution in [1.29, 1.82) is 0 Å². The summed E-state index contributed by atoms with van der Waals surface area (Å²) < 4.78 is 5.45. The van der Waals surface area contributed by atoms with E-state index in [4.69, 9.17) is 4.74 Å². The second-order valence-corrected chi connectivity index (χ2v) is 14.2. The lowest BCUT2D eigenvalue weighted by Gasteiger charge is -2.10. The fourth-order valence-corrected chi connectivity index (χ4v) is 6.45. The topological polar surface area (TPSA) is 46.5 Å². The van der Waals surface area contributed by atoms with Crippen LogP contribution in [0.25, 0.3) is 0 Å². The Hall–Kier alpha value is -0.570. The van der Waals surface area contributed by atoms with Crippen LogP contribution in [0.1, 0.15) is 245 Å². The molecule has 3 heteroatoms. The SMILES string of the molecule is CCCCCCCCCCCCCCCCCCCCCCCOC(=O)CCCCCCCCCCC(O)CCCCCC. The molecule has 0 rings (SSSR count). The number of unbranched alkanes of at least 4 members (excludes halogenated alkanes) is 30. The van der Waals surface area contributed by atoms with Crippen LogP contribution in [0.15, 0.2) is 0 Å². The number of aliphatic hydroxyl groups is 1. The zero-order chi connectivity index (χ0) is 32.0. The van der Waals surface area contributed by atoms with Crippen molar-refractivity contribution in [3.05, 3.63) is 0 Å². The zero-order valence-corrected chi connectivity index (χ0v) is 30.5. The summed E-state index contributed by atoms with van der Waals surface area (Å²) in [4.78, 5) is 12.0. The van der Waals surface area contributed by atoms with Gasteiger partial charge in [-0.2, -0.15) is 0 Å². The Morgan fingerprint density at radius 2 is 0.682 bits per heavy atom. The van der Waals surface area contributed by atoms with Gasteiger partial charge in [0, 0.05) is 6.42 Å². The molecule has 3 nitrogen and oxygen atoms in total. The molecule has 0 saturated carbocycles. The van der Waals surface area contributed by atoms with Gasteiger partial charge < -0.3 is 9.84 Å². The molecule has 44 heavy (non-hydrogen) atoms. The molecule has 0 heterocycles. The summed E-state index contributed by atoms with van der Waals surface area (Å²) in [5.74, 6) is 0.00594. The van der Waals surface area contributed by atoms with Crippen molar-refractivity contribution in [1.82, 2.24) is 0 Å². The Labute approximate surface area is 277 Å². The van der Waals surface area contributed by atoms with Gasteiger partial charge >= 0.3 is 5.97 Å². The fourth-order valence-electron chi connectivity index (χ4n) is 6.45. The number of aliphatic hydroxyl groups excluding tert-OH is 1. The molecule has 0 aliphatic carbocycles. The van der Waals surface area contributed by atoms with Crippen molar-refractivity contribution in [3.8, 4) is 0 Å². The lowest BCUT2D eigenvalue weighted by molar-refractivity contribution is -0.143. The molecule has 0 aliphatic rings. The van der Waals surface area contributed by atoms with E-state index in [0.717, 1.165) is 32.1 Å². The Morgan fingerprint density at radius 3 is 1.05 bits per heavy atom. The van der Waals surface area contributed by atoms with Gasteiger partial charge in [0.2, 0.25) is 0 Å². The van der Waals surface area contributed by atoms with Gasteiger partial charge in [0.1, 0.15) is 0 Å². The third kappa shape index (κ3) is 37.6. The maximum absolute atomic E-state index is 12.0. The average Bonchev–Trinajstić information content (AvgIpc) is 3.02. The standard InChI is InChI=1S/C41H82O3/c1-3-5-7-9-10-11-12-13-14-15-16-17-18-19-20-21-22-25-28-31-35-39-44-41(43)38-34-30-27-24-23-26-29-33-37-40(42)36-32-8-6-4-2/h40,42H,3-39H2,1-2H3. The highest BCUT2D eigenvalue weighted by molar-refractivity contribution is 5.69. The molecule has 1 N–H and O–H groups in total. The van der Waals surface area contributed by atoms with Crippen LogP contribution in [0.4, 0.5) is 0 Å². The van der Waals surface area contributed by atoms with E-state index in [1.54, 1.807) is 0 Å². The lowest BCUT2D eigenvalue weighted by atomic mass is 10.0. The highest BCUT2D eigenvalue weighted by atomic mass is 16.5. The molecule has 0 aromatic heterocycles. The lowest BCUT2D eigenvalue weighted by Crippen LogP contribution is -2.06. The number of hydrogen-bond acceptors (Lipinski definition) is 3. The molecule has 0 spiro atoms. The van der Waals surface area contributed by atoms with E-state index in [9.17, 15) is 9.90 Å². The van der Waals surface area contributed by atoms with Crippen LogP contribution in [0.5, 0.6) is 0 Å². The third-order valence-corrected chi connectivity index (χ3v) is 9.57. The van der Waals surface area contributed by atoms with Crippen molar-refractivity contribution in [2.45, 2.75) is 251 Å².